The predicted molar refractivity (Wildman–Crippen MR) is 109 cm³/mol. The van der Waals surface area contributed by atoms with Crippen LogP contribution in [0.25, 0.3) is 0 Å². The summed E-state index contributed by atoms with van der Waals surface area (Å²) >= 11 is 0. The van der Waals surface area contributed by atoms with Crippen LogP contribution in [-0.4, -0.2) is 50.9 Å². The van der Waals surface area contributed by atoms with Gasteiger partial charge in [0.2, 0.25) is 0 Å². The molecule has 30 heavy (non-hydrogen) atoms. The van der Waals surface area contributed by atoms with Crippen molar-refractivity contribution in [2.24, 2.45) is 0 Å². The van der Waals surface area contributed by atoms with Gasteiger partial charge in [-0.05, 0) is 43.2 Å². The Morgan fingerprint density at radius 2 is 1.90 bits per heavy atom. The Kier molecular flexibility index (Phi) is 6.06. The summed E-state index contributed by atoms with van der Waals surface area (Å²) in [4.78, 5) is 37.1. The summed E-state index contributed by atoms with van der Waals surface area (Å²) < 4.78 is 33.1. The normalized spacial score (nSPS) is 13.7. The number of nitrogens with zero attached hydrogens (tertiary/aromatic N) is 1. The lowest BCUT2D eigenvalue weighted by atomic mass is 10.2. The highest BCUT2D eigenvalue weighted by Gasteiger charge is 2.27. The Morgan fingerprint density at radius 3 is 2.60 bits per heavy atom. The number of rotatable bonds is 6. The highest BCUT2D eigenvalue weighted by atomic mass is 32.2. The van der Waals surface area contributed by atoms with Gasteiger partial charge in [0.1, 0.15) is 0 Å². The van der Waals surface area contributed by atoms with Crippen molar-refractivity contribution in [1.29, 1.82) is 0 Å². The van der Waals surface area contributed by atoms with Crippen LogP contribution in [0.15, 0.2) is 47.4 Å². The fourth-order valence-corrected chi connectivity index (χ4v) is 4.35. The summed E-state index contributed by atoms with van der Waals surface area (Å²) in [5, 5.41) is 2.48. The lowest BCUT2D eigenvalue weighted by Crippen LogP contribution is -2.37. The zero-order valence-corrected chi connectivity index (χ0v) is 17.3. The number of hydrogen-bond acceptors (Lipinski definition) is 6. The highest BCUT2D eigenvalue weighted by Crippen LogP contribution is 2.23. The van der Waals surface area contributed by atoms with Gasteiger partial charge in [-0.25, -0.2) is 18.0 Å². The number of imide groups is 1. The summed E-state index contributed by atoms with van der Waals surface area (Å²) in [5.41, 5.74) is 1.31. The molecule has 10 heteroatoms. The van der Waals surface area contributed by atoms with Crippen molar-refractivity contribution in [2.75, 3.05) is 24.4 Å². The first-order chi connectivity index (χ1) is 14.2. The Balaban J connectivity index is 1.77. The fourth-order valence-electron chi connectivity index (χ4n) is 2.94. The molecule has 1 saturated heterocycles. The van der Waals surface area contributed by atoms with Crippen LogP contribution >= 0.6 is 0 Å². The first-order valence-corrected chi connectivity index (χ1v) is 10.6. The molecule has 3 amide bonds. The quantitative estimate of drug-likeness (QED) is 0.673. The summed E-state index contributed by atoms with van der Waals surface area (Å²) in [7, 11) is -3.96. The van der Waals surface area contributed by atoms with Crippen LogP contribution < -0.4 is 10.0 Å². The SMILES string of the molecule is Cc1ccc(C)c(S(=O)(=O)Nc2ccccc2C(=O)OCC(=O)N2CCNC2=O)c1. The molecule has 2 aromatic rings. The number of carbonyl (C=O) groups excluding carboxylic acids is 3. The Bertz CT molecular complexity index is 1110. The number of hydrogen-bond donors (Lipinski definition) is 2. The van der Waals surface area contributed by atoms with E-state index in [1.165, 1.54) is 12.1 Å². The van der Waals surface area contributed by atoms with Crippen LogP contribution in [-0.2, 0) is 19.6 Å². The van der Waals surface area contributed by atoms with E-state index in [2.05, 4.69) is 10.0 Å². The number of esters is 1. The van der Waals surface area contributed by atoms with Gasteiger partial charge in [-0.1, -0.05) is 24.3 Å². The van der Waals surface area contributed by atoms with E-state index >= 15 is 0 Å². The first-order valence-electron chi connectivity index (χ1n) is 9.13. The van der Waals surface area contributed by atoms with Gasteiger partial charge in [0.05, 0.1) is 16.1 Å². The molecule has 0 aliphatic carbocycles. The van der Waals surface area contributed by atoms with Crippen molar-refractivity contribution in [1.82, 2.24) is 10.2 Å². The van der Waals surface area contributed by atoms with E-state index in [0.29, 0.717) is 12.1 Å². The third kappa shape index (κ3) is 4.60. The van der Waals surface area contributed by atoms with E-state index in [-0.39, 0.29) is 22.7 Å². The topological polar surface area (TPSA) is 122 Å². The molecule has 3 rings (SSSR count). The highest BCUT2D eigenvalue weighted by molar-refractivity contribution is 7.92. The average molecular weight is 431 g/mol. The number of carbonyl (C=O) groups is 3. The molecule has 0 aromatic heterocycles. The molecule has 0 saturated carbocycles. The molecular formula is C20H21N3O6S. The van der Waals surface area contributed by atoms with Gasteiger partial charge in [-0.15, -0.1) is 0 Å². The number of nitrogens with one attached hydrogen (secondary N) is 2. The van der Waals surface area contributed by atoms with E-state index in [1.807, 2.05) is 0 Å². The largest absolute Gasteiger partial charge is 0.452 e. The monoisotopic (exact) mass is 431 g/mol. The van der Waals surface area contributed by atoms with Crippen molar-refractivity contribution in [2.45, 2.75) is 18.7 Å². The lowest BCUT2D eigenvalue weighted by Gasteiger charge is -2.15. The number of benzene rings is 2. The fraction of sp³-hybridized carbons (Fsp3) is 0.250. The summed E-state index contributed by atoms with van der Waals surface area (Å²) in [6, 6.07) is 10.4. The Labute approximate surface area is 174 Å². The lowest BCUT2D eigenvalue weighted by molar-refractivity contribution is -0.130. The van der Waals surface area contributed by atoms with E-state index in [4.69, 9.17) is 4.74 Å². The second-order valence-corrected chi connectivity index (χ2v) is 8.42. The van der Waals surface area contributed by atoms with Crippen LogP contribution in [0.5, 0.6) is 0 Å². The number of sulfonamides is 1. The van der Waals surface area contributed by atoms with Gasteiger partial charge < -0.3 is 10.1 Å². The molecule has 1 aliphatic rings. The van der Waals surface area contributed by atoms with Crippen molar-refractivity contribution >= 4 is 33.6 Å². The number of aryl methyl sites for hydroxylation is 2. The van der Waals surface area contributed by atoms with Gasteiger partial charge >= 0.3 is 12.0 Å². The molecule has 2 aromatic carbocycles. The summed E-state index contributed by atoms with van der Waals surface area (Å²) in [6.07, 6.45) is 0. The number of anilines is 1. The number of urea groups is 1. The summed E-state index contributed by atoms with van der Waals surface area (Å²) in [5.74, 6) is -1.55. The van der Waals surface area contributed by atoms with Crippen LogP contribution in [0.3, 0.4) is 0 Å². The van der Waals surface area contributed by atoms with Gasteiger partial charge in [0, 0.05) is 13.1 Å². The van der Waals surface area contributed by atoms with Crippen molar-refractivity contribution in [3.8, 4) is 0 Å². The second-order valence-electron chi connectivity index (χ2n) is 6.77. The maximum atomic E-state index is 12.9. The zero-order valence-electron chi connectivity index (χ0n) is 16.5. The minimum absolute atomic E-state index is 0.0229. The average Bonchev–Trinajstić information content (AvgIpc) is 3.13. The van der Waals surface area contributed by atoms with Gasteiger partial charge in [0.25, 0.3) is 15.9 Å². The predicted octanol–water partition coefficient (Wildman–Crippen LogP) is 1.81. The molecule has 9 nitrogen and oxygen atoms in total. The first kappa shape index (κ1) is 21.3. The Hall–Kier alpha value is -3.40. The third-order valence-corrected chi connectivity index (χ3v) is 6.02. The van der Waals surface area contributed by atoms with Gasteiger partial charge in [-0.2, -0.15) is 0 Å². The van der Waals surface area contributed by atoms with Crippen LogP contribution in [0.1, 0.15) is 21.5 Å². The maximum absolute atomic E-state index is 12.9. The van der Waals surface area contributed by atoms with Crippen LogP contribution in [0.2, 0.25) is 0 Å². The zero-order chi connectivity index (χ0) is 21.9. The second kappa shape index (κ2) is 8.54. The Morgan fingerprint density at radius 1 is 1.17 bits per heavy atom. The number of para-hydroxylation sites is 1. The van der Waals surface area contributed by atoms with Crippen molar-refractivity contribution in [3.05, 3.63) is 59.2 Å². The van der Waals surface area contributed by atoms with Crippen molar-refractivity contribution in [3.63, 3.8) is 0 Å². The molecule has 0 radical (unpaired) electrons. The third-order valence-electron chi connectivity index (χ3n) is 4.51. The van der Waals surface area contributed by atoms with Gasteiger partial charge in [0.15, 0.2) is 6.61 Å². The number of ether oxygens (including phenoxy) is 1. The number of amides is 3. The van der Waals surface area contributed by atoms with Crippen molar-refractivity contribution < 1.29 is 27.5 Å². The molecule has 1 aliphatic heterocycles. The molecule has 1 fully saturated rings. The molecule has 0 unspecified atom stereocenters. The molecule has 2 N–H and O–H groups in total. The van der Waals surface area contributed by atoms with E-state index in [1.54, 1.807) is 44.2 Å². The molecule has 158 valence electrons. The smallest absolute Gasteiger partial charge is 0.340 e. The molecule has 1 heterocycles. The van der Waals surface area contributed by atoms with Gasteiger partial charge in [-0.3, -0.25) is 14.4 Å². The molecule has 0 bridgehead atoms. The maximum Gasteiger partial charge on any atom is 0.340 e. The van der Waals surface area contributed by atoms with E-state index < -0.39 is 34.5 Å². The molecule has 0 spiro atoms. The molecular weight excluding hydrogens is 410 g/mol. The van der Waals surface area contributed by atoms with E-state index in [9.17, 15) is 22.8 Å². The van der Waals surface area contributed by atoms with Crippen LogP contribution in [0.4, 0.5) is 10.5 Å². The standard InChI is InChI=1S/C20H21N3O6S/c1-13-7-8-14(2)17(11-13)30(27,28)22-16-6-4-3-5-15(16)19(25)29-12-18(24)23-10-9-21-20(23)26/h3-8,11,22H,9-10,12H2,1-2H3,(H,21,26). The summed E-state index contributed by atoms with van der Waals surface area (Å²) in [6.45, 7) is 3.35. The minimum atomic E-state index is -3.96. The molecule has 0 atom stereocenters. The van der Waals surface area contributed by atoms with Crippen LogP contribution in [0, 0.1) is 13.8 Å². The van der Waals surface area contributed by atoms with E-state index in [0.717, 1.165) is 10.5 Å². The minimum Gasteiger partial charge on any atom is -0.452 e.